The average Bonchev–Trinajstić information content (AvgIpc) is 2.39. The molecule has 2 rings (SSSR count). The molecule has 4 nitrogen and oxygen atoms in total. The fourth-order valence-corrected chi connectivity index (χ4v) is 2.73. The van der Waals surface area contributed by atoms with Crippen LogP contribution < -0.4 is 5.32 Å². The number of hydrogen-bond donors (Lipinski definition) is 2. The van der Waals surface area contributed by atoms with Crippen molar-refractivity contribution >= 4 is 5.91 Å². The normalized spacial score (nSPS) is 26.3. The first-order valence-electron chi connectivity index (χ1n) is 6.72. The molecule has 1 aliphatic carbocycles. The van der Waals surface area contributed by atoms with Gasteiger partial charge in [0.05, 0.1) is 11.2 Å². The van der Waals surface area contributed by atoms with Crippen molar-refractivity contribution in [2.24, 2.45) is 5.92 Å². The topological polar surface area (TPSA) is 62.2 Å². The highest BCUT2D eigenvalue weighted by atomic mass is 19.2. The molecule has 2 N–H and O–H groups in total. The predicted molar refractivity (Wildman–Crippen MR) is 69.1 cm³/mol. The Kier molecular flexibility index (Phi) is 4.32. The number of hydrogen-bond acceptors (Lipinski definition) is 3. The zero-order valence-electron chi connectivity index (χ0n) is 11.3. The number of rotatable bonds is 3. The van der Waals surface area contributed by atoms with Gasteiger partial charge in [0.15, 0.2) is 5.82 Å². The van der Waals surface area contributed by atoms with Gasteiger partial charge in [-0.2, -0.15) is 4.39 Å². The number of aliphatic hydroxyl groups is 1. The van der Waals surface area contributed by atoms with Gasteiger partial charge in [-0.1, -0.05) is 19.8 Å². The molecule has 1 fully saturated rings. The minimum atomic E-state index is -1.30. The van der Waals surface area contributed by atoms with Crippen LogP contribution in [0.15, 0.2) is 12.3 Å². The molecule has 0 aliphatic heterocycles. The van der Waals surface area contributed by atoms with Gasteiger partial charge in [0, 0.05) is 12.7 Å². The van der Waals surface area contributed by atoms with Crippen LogP contribution in [0.1, 0.15) is 43.0 Å². The summed E-state index contributed by atoms with van der Waals surface area (Å²) in [4.78, 5) is 15.0. The van der Waals surface area contributed by atoms with Gasteiger partial charge in [-0.15, -0.1) is 0 Å². The average molecular weight is 284 g/mol. The van der Waals surface area contributed by atoms with E-state index in [4.69, 9.17) is 0 Å². The van der Waals surface area contributed by atoms with Crippen LogP contribution in [-0.4, -0.2) is 28.1 Å². The Morgan fingerprint density at radius 2 is 2.35 bits per heavy atom. The van der Waals surface area contributed by atoms with Gasteiger partial charge < -0.3 is 10.4 Å². The molecule has 0 saturated heterocycles. The number of carbonyl (C=O) groups is 1. The van der Waals surface area contributed by atoms with Crippen molar-refractivity contribution in [3.63, 3.8) is 0 Å². The van der Waals surface area contributed by atoms with Crippen LogP contribution in [0.2, 0.25) is 0 Å². The monoisotopic (exact) mass is 284 g/mol. The lowest BCUT2D eigenvalue weighted by molar-refractivity contribution is -0.0109. The van der Waals surface area contributed by atoms with Gasteiger partial charge in [-0.05, 0) is 24.8 Å². The molecule has 1 aromatic heterocycles. The highest BCUT2D eigenvalue weighted by Gasteiger charge is 2.33. The smallest absolute Gasteiger partial charge is 0.254 e. The molecule has 0 radical (unpaired) electrons. The van der Waals surface area contributed by atoms with Gasteiger partial charge in [0.1, 0.15) is 0 Å². The van der Waals surface area contributed by atoms with E-state index in [1.165, 1.54) is 0 Å². The SMILES string of the molecule is CC1CCCC(O)(CNC(=O)c2ccnc(F)c2F)C1. The van der Waals surface area contributed by atoms with Crippen LogP contribution in [0.4, 0.5) is 8.78 Å². The fraction of sp³-hybridized carbons (Fsp3) is 0.571. The van der Waals surface area contributed by atoms with E-state index in [1.54, 1.807) is 0 Å². The number of carbonyl (C=O) groups excluding carboxylic acids is 1. The van der Waals surface area contributed by atoms with Crippen molar-refractivity contribution < 1.29 is 18.7 Å². The number of nitrogens with zero attached hydrogens (tertiary/aromatic N) is 1. The second-order valence-corrected chi connectivity index (χ2v) is 5.57. The molecule has 1 saturated carbocycles. The molecule has 2 unspecified atom stereocenters. The molecule has 1 heterocycles. The summed E-state index contributed by atoms with van der Waals surface area (Å²) in [7, 11) is 0. The molecule has 20 heavy (non-hydrogen) atoms. The zero-order valence-corrected chi connectivity index (χ0v) is 11.3. The number of amides is 1. The third kappa shape index (κ3) is 3.30. The molecule has 1 aliphatic rings. The van der Waals surface area contributed by atoms with E-state index in [9.17, 15) is 18.7 Å². The Labute approximate surface area is 116 Å². The molecular formula is C14H18F2N2O2. The molecule has 1 aromatic rings. The maximum Gasteiger partial charge on any atom is 0.254 e. The third-order valence-corrected chi connectivity index (χ3v) is 3.74. The Balaban J connectivity index is 2.00. The summed E-state index contributed by atoms with van der Waals surface area (Å²) in [6, 6.07) is 1.11. The largest absolute Gasteiger partial charge is 0.388 e. The van der Waals surface area contributed by atoms with E-state index in [0.717, 1.165) is 25.1 Å². The first-order valence-corrected chi connectivity index (χ1v) is 6.72. The summed E-state index contributed by atoms with van der Waals surface area (Å²) in [5.41, 5.74) is -1.36. The highest BCUT2D eigenvalue weighted by molar-refractivity contribution is 5.94. The van der Waals surface area contributed by atoms with Crippen molar-refractivity contribution in [1.29, 1.82) is 0 Å². The third-order valence-electron chi connectivity index (χ3n) is 3.74. The Hall–Kier alpha value is -1.56. The Morgan fingerprint density at radius 1 is 1.60 bits per heavy atom. The van der Waals surface area contributed by atoms with E-state index in [1.807, 2.05) is 6.92 Å². The quantitative estimate of drug-likeness (QED) is 0.835. The molecule has 0 spiro atoms. The second kappa shape index (κ2) is 5.83. The van der Waals surface area contributed by atoms with Crippen LogP contribution in [0.3, 0.4) is 0 Å². The molecule has 110 valence electrons. The van der Waals surface area contributed by atoms with Crippen LogP contribution in [0.5, 0.6) is 0 Å². The molecular weight excluding hydrogens is 266 g/mol. The molecule has 0 aromatic carbocycles. The predicted octanol–water partition coefficient (Wildman–Crippen LogP) is 2.03. The zero-order chi connectivity index (χ0) is 14.8. The lowest BCUT2D eigenvalue weighted by atomic mass is 9.79. The first kappa shape index (κ1) is 14.8. The van der Waals surface area contributed by atoms with Gasteiger partial charge in [0.25, 0.3) is 5.91 Å². The first-order chi connectivity index (χ1) is 9.41. The van der Waals surface area contributed by atoms with E-state index in [-0.39, 0.29) is 6.54 Å². The number of halogens is 2. The van der Waals surface area contributed by atoms with Crippen LogP contribution in [0.25, 0.3) is 0 Å². The highest BCUT2D eigenvalue weighted by Crippen LogP contribution is 2.31. The molecule has 6 heteroatoms. The molecule has 1 amide bonds. The summed E-state index contributed by atoms with van der Waals surface area (Å²) in [6.45, 7) is 2.09. The summed E-state index contributed by atoms with van der Waals surface area (Å²) < 4.78 is 26.4. The van der Waals surface area contributed by atoms with E-state index in [2.05, 4.69) is 10.3 Å². The summed E-state index contributed by atoms with van der Waals surface area (Å²) in [5.74, 6) is -2.92. The van der Waals surface area contributed by atoms with Gasteiger partial charge >= 0.3 is 0 Å². The van der Waals surface area contributed by atoms with Crippen molar-refractivity contribution in [3.8, 4) is 0 Å². The fourth-order valence-electron chi connectivity index (χ4n) is 2.73. The molecule has 2 atom stereocenters. The van der Waals surface area contributed by atoms with Crippen molar-refractivity contribution in [2.45, 2.75) is 38.2 Å². The molecule has 0 bridgehead atoms. The van der Waals surface area contributed by atoms with E-state index in [0.29, 0.717) is 18.8 Å². The van der Waals surface area contributed by atoms with Crippen molar-refractivity contribution in [1.82, 2.24) is 10.3 Å². The maximum absolute atomic E-state index is 13.4. The minimum absolute atomic E-state index is 0.0412. The van der Waals surface area contributed by atoms with Crippen LogP contribution >= 0.6 is 0 Å². The minimum Gasteiger partial charge on any atom is -0.388 e. The lowest BCUT2D eigenvalue weighted by Gasteiger charge is -2.35. The number of pyridine rings is 1. The standard InChI is InChI=1S/C14H18F2N2O2/c1-9-3-2-5-14(20,7-9)8-18-13(19)10-4-6-17-12(16)11(10)15/h4,6,9,20H,2-3,5,7-8H2,1H3,(H,18,19). The van der Waals surface area contributed by atoms with E-state index < -0.39 is 28.8 Å². The van der Waals surface area contributed by atoms with Crippen LogP contribution in [-0.2, 0) is 0 Å². The van der Waals surface area contributed by atoms with Crippen LogP contribution in [0, 0.1) is 17.7 Å². The van der Waals surface area contributed by atoms with E-state index >= 15 is 0 Å². The van der Waals surface area contributed by atoms with Crippen molar-refractivity contribution in [3.05, 3.63) is 29.6 Å². The second-order valence-electron chi connectivity index (χ2n) is 5.57. The van der Waals surface area contributed by atoms with Crippen molar-refractivity contribution in [2.75, 3.05) is 6.54 Å². The Bertz CT molecular complexity index is 510. The number of aromatic nitrogens is 1. The van der Waals surface area contributed by atoms with Gasteiger partial charge in [-0.25, -0.2) is 9.37 Å². The van der Waals surface area contributed by atoms with Gasteiger partial charge in [0.2, 0.25) is 5.95 Å². The Morgan fingerprint density at radius 3 is 3.05 bits per heavy atom. The summed E-state index contributed by atoms with van der Waals surface area (Å²) >= 11 is 0. The number of nitrogens with one attached hydrogen (secondary N) is 1. The lowest BCUT2D eigenvalue weighted by Crippen LogP contribution is -2.46. The van der Waals surface area contributed by atoms with Gasteiger partial charge in [-0.3, -0.25) is 4.79 Å². The summed E-state index contributed by atoms with van der Waals surface area (Å²) in [6.07, 6.45) is 4.18. The summed E-state index contributed by atoms with van der Waals surface area (Å²) in [5, 5.41) is 12.8. The maximum atomic E-state index is 13.4.